The van der Waals surface area contributed by atoms with Crippen LogP contribution in [0.1, 0.15) is 56.1 Å². The van der Waals surface area contributed by atoms with Gasteiger partial charge in [0.05, 0.1) is 5.69 Å². The molecule has 0 saturated carbocycles. The maximum atomic E-state index is 4.71. The molecule has 2 rings (SSSR count). The van der Waals surface area contributed by atoms with E-state index in [1.54, 1.807) is 0 Å². The second-order valence-electron chi connectivity index (χ2n) is 5.65. The Bertz CT molecular complexity index is 561. The van der Waals surface area contributed by atoms with E-state index < -0.39 is 0 Å². The van der Waals surface area contributed by atoms with Crippen molar-refractivity contribution >= 4 is 0 Å². The molecule has 1 N–H and O–H groups in total. The van der Waals surface area contributed by atoms with Gasteiger partial charge in [0, 0.05) is 37.1 Å². The Kier molecular flexibility index (Phi) is 5.51. The topological polar surface area (TPSA) is 42.7 Å². The summed E-state index contributed by atoms with van der Waals surface area (Å²) in [5.41, 5.74) is 3.55. The van der Waals surface area contributed by atoms with Crippen molar-refractivity contribution in [2.24, 2.45) is 0 Å². The molecule has 0 aliphatic rings. The molecule has 0 radical (unpaired) electrons. The van der Waals surface area contributed by atoms with Gasteiger partial charge in [-0.1, -0.05) is 19.9 Å². The maximum absolute atomic E-state index is 4.71. The predicted octanol–water partition coefficient (Wildman–Crippen LogP) is 3.45. The third-order valence-corrected chi connectivity index (χ3v) is 3.87. The van der Waals surface area contributed by atoms with Crippen molar-refractivity contribution in [2.75, 3.05) is 6.54 Å². The summed E-state index contributed by atoms with van der Waals surface area (Å²) in [6, 6.07) is 5.05. The number of likely N-dealkylation sites (N-methyl/N-ethyl adjacent to an activating group) is 1. The first-order valence-corrected chi connectivity index (χ1v) is 7.83. The van der Waals surface area contributed by atoms with E-state index >= 15 is 0 Å². The Labute approximate surface area is 127 Å². The van der Waals surface area contributed by atoms with Crippen LogP contribution in [0.5, 0.6) is 0 Å². The van der Waals surface area contributed by atoms with Crippen LogP contribution in [0, 0.1) is 6.92 Å². The van der Waals surface area contributed by atoms with Crippen LogP contribution in [0.25, 0.3) is 0 Å². The van der Waals surface area contributed by atoms with E-state index in [0.29, 0.717) is 6.04 Å². The Morgan fingerprint density at radius 2 is 2.10 bits per heavy atom. The summed E-state index contributed by atoms with van der Waals surface area (Å²) in [7, 11) is 0. The maximum Gasteiger partial charge on any atom is 0.0643 e. The summed E-state index contributed by atoms with van der Waals surface area (Å²) in [4.78, 5) is 4.31. The van der Waals surface area contributed by atoms with Gasteiger partial charge >= 0.3 is 0 Å². The number of pyridine rings is 1. The Balaban J connectivity index is 2.14. The molecule has 4 heteroatoms. The van der Waals surface area contributed by atoms with E-state index in [0.717, 1.165) is 25.1 Å². The lowest BCUT2D eigenvalue weighted by molar-refractivity contribution is 0.467. The fourth-order valence-corrected chi connectivity index (χ4v) is 2.45. The molecular formula is C17H26N4. The first-order chi connectivity index (χ1) is 10.1. The molecule has 114 valence electrons. The predicted molar refractivity (Wildman–Crippen MR) is 86.3 cm³/mol. The molecule has 2 aromatic heterocycles. The fourth-order valence-electron chi connectivity index (χ4n) is 2.45. The van der Waals surface area contributed by atoms with Gasteiger partial charge in [0.15, 0.2) is 0 Å². The van der Waals surface area contributed by atoms with Crippen LogP contribution < -0.4 is 5.32 Å². The third-order valence-electron chi connectivity index (χ3n) is 3.87. The lowest BCUT2D eigenvalue weighted by Gasteiger charge is -2.17. The molecular weight excluding hydrogens is 260 g/mol. The highest BCUT2D eigenvalue weighted by Gasteiger charge is 2.14. The number of hydrogen-bond donors (Lipinski definition) is 1. The van der Waals surface area contributed by atoms with Crippen LogP contribution in [0.15, 0.2) is 30.7 Å². The lowest BCUT2D eigenvalue weighted by Crippen LogP contribution is -2.23. The van der Waals surface area contributed by atoms with Gasteiger partial charge in [-0.3, -0.25) is 9.67 Å². The molecule has 4 nitrogen and oxygen atoms in total. The molecule has 0 amide bonds. The fraction of sp³-hybridized carbons (Fsp3) is 0.529. The van der Waals surface area contributed by atoms with E-state index in [9.17, 15) is 0 Å². The average Bonchev–Trinajstić information content (AvgIpc) is 2.94. The van der Waals surface area contributed by atoms with Crippen molar-refractivity contribution in [3.05, 3.63) is 47.5 Å². The zero-order valence-corrected chi connectivity index (χ0v) is 13.5. The van der Waals surface area contributed by atoms with Gasteiger partial charge in [-0.25, -0.2) is 0 Å². The second kappa shape index (κ2) is 7.36. The molecule has 0 aliphatic carbocycles. The van der Waals surface area contributed by atoms with E-state index in [2.05, 4.69) is 61.0 Å². The van der Waals surface area contributed by atoms with Crippen molar-refractivity contribution < 1.29 is 0 Å². The zero-order chi connectivity index (χ0) is 15.2. The molecule has 2 heterocycles. The van der Waals surface area contributed by atoms with E-state index in [1.807, 2.05) is 12.4 Å². The van der Waals surface area contributed by atoms with Crippen molar-refractivity contribution in [3.63, 3.8) is 0 Å². The molecule has 2 unspecified atom stereocenters. The van der Waals surface area contributed by atoms with Gasteiger partial charge in [-0.15, -0.1) is 0 Å². The summed E-state index contributed by atoms with van der Waals surface area (Å²) in [5.74, 6) is 0. The number of nitrogens with one attached hydrogen (secondary N) is 1. The molecule has 0 spiro atoms. The highest BCUT2D eigenvalue weighted by Crippen LogP contribution is 2.19. The molecule has 2 aromatic rings. The van der Waals surface area contributed by atoms with Crippen LogP contribution in [0.2, 0.25) is 0 Å². The molecule has 2 atom stereocenters. The quantitative estimate of drug-likeness (QED) is 0.847. The molecule has 21 heavy (non-hydrogen) atoms. The summed E-state index contributed by atoms with van der Waals surface area (Å²) in [5, 5.41) is 8.25. The van der Waals surface area contributed by atoms with Crippen LogP contribution >= 0.6 is 0 Å². The third kappa shape index (κ3) is 4.14. The summed E-state index contributed by atoms with van der Waals surface area (Å²) < 4.78 is 2.06. The van der Waals surface area contributed by atoms with Crippen LogP contribution in [-0.4, -0.2) is 21.3 Å². The van der Waals surface area contributed by atoms with Gasteiger partial charge in [0.2, 0.25) is 0 Å². The standard InChI is InChI=1S/C17H26N4/c1-5-14(4)21-8-7-16(20-21)10-17(19-6-2)15-9-13(3)11-18-12-15/h7-9,11-12,14,17,19H,5-6,10H2,1-4H3. The van der Waals surface area contributed by atoms with Crippen molar-refractivity contribution in [3.8, 4) is 0 Å². The van der Waals surface area contributed by atoms with Crippen LogP contribution in [0.4, 0.5) is 0 Å². The summed E-state index contributed by atoms with van der Waals surface area (Å²) in [6.07, 6.45) is 7.92. The van der Waals surface area contributed by atoms with Crippen molar-refractivity contribution in [2.45, 2.75) is 52.6 Å². The number of aromatic nitrogens is 3. The minimum atomic E-state index is 0.266. The minimum absolute atomic E-state index is 0.266. The summed E-state index contributed by atoms with van der Waals surface area (Å²) >= 11 is 0. The number of aryl methyl sites for hydroxylation is 1. The largest absolute Gasteiger partial charge is 0.310 e. The monoisotopic (exact) mass is 286 g/mol. The first-order valence-electron chi connectivity index (χ1n) is 7.83. The average molecular weight is 286 g/mol. The highest BCUT2D eigenvalue weighted by molar-refractivity contribution is 5.22. The lowest BCUT2D eigenvalue weighted by atomic mass is 10.0. The molecule has 0 aromatic carbocycles. The van der Waals surface area contributed by atoms with Crippen LogP contribution in [-0.2, 0) is 6.42 Å². The van der Waals surface area contributed by atoms with E-state index in [4.69, 9.17) is 5.10 Å². The van der Waals surface area contributed by atoms with E-state index in [1.165, 1.54) is 11.1 Å². The van der Waals surface area contributed by atoms with Crippen LogP contribution in [0.3, 0.4) is 0 Å². The highest BCUT2D eigenvalue weighted by atomic mass is 15.3. The molecule has 0 aliphatic heterocycles. The molecule has 0 saturated heterocycles. The van der Waals surface area contributed by atoms with Gasteiger partial charge in [-0.05, 0) is 44.0 Å². The normalized spacial score (nSPS) is 14.1. The van der Waals surface area contributed by atoms with E-state index in [-0.39, 0.29) is 6.04 Å². The Morgan fingerprint density at radius 3 is 2.76 bits per heavy atom. The minimum Gasteiger partial charge on any atom is -0.310 e. The SMILES string of the molecule is CCNC(Cc1ccn(C(C)CC)n1)c1cncc(C)c1. The second-order valence-corrected chi connectivity index (χ2v) is 5.65. The van der Waals surface area contributed by atoms with Crippen molar-refractivity contribution in [1.82, 2.24) is 20.1 Å². The van der Waals surface area contributed by atoms with Gasteiger partial charge in [0.1, 0.15) is 0 Å². The Hall–Kier alpha value is -1.68. The smallest absolute Gasteiger partial charge is 0.0643 e. The summed E-state index contributed by atoms with van der Waals surface area (Å²) in [6.45, 7) is 9.53. The molecule has 0 bridgehead atoms. The van der Waals surface area contributed by atoms with Gasteiger partial charge in [-0.2, -0.15) is 5.10 Å². The number of hydrogen-bond acceptors (Lipinski definition) is 3. The molecule has 0 fully saturated rings. The number of rotatable bonds is 7. The van der Waals surface area contributed by atoms with Gasteiger partial charge in [0.25, 0.3) is 0 Å². The number of nitrogens with zero attached hydrogens (tertiary/aromatic N) is 3. The Morgan fingerprint density at radius 1 is 1.29 bits per heavy atom. The van der Waals surface area contributed by atoms with Crippen molar-refractivity contribution in [1.29, 1.82) is 0 Å². The first kappa shape index (κ1) is 15.7. The van der Waals surface area contributed by atoms with Gasteiger partial charge < -0.3 is 5.32 Å². The zero-order valence-electron chi connectivity index (χ0n) is 13.5.